The minimum atomic E-state index is -3.58. The highest BCUT2D eigenvalue weighted by atomic mass is 32.2. The lowest BCUT2D eigenvalue weighted by atomic mass is 10.1. The molecule has 4 nitrogen and oxygen atoms in total. The van der Waals surface area contributed by atoms with Crippen LogP contribution in [0.3, 0.4) is 0 Å². The van der Waals surface area contributed by atoms with Crippen LogP contribution in [0.25, 0.3) is 0 Å². The summed E-state index contributed by atoms with van der Waals surface area (Å²) in [5.41, 5.74) is 2.48. The number of ketones is 1. The van der Waals surface area contributed by atoms with Gasteiger partial charge in [0.05, 0.1) is 4.90 Å². The number of rotatable bonds is 5. The maximum Gasteiger partial charge on any atom is 0.240 e. The molecule has 5 heteroatoms. The van der Waals surface area contributed by atoms with Gasteiger partial charge in [-0.15, -0.1) is 0 Å². The number of Topliss-reactive ketones (excluding diaryl/α,β-unsaturated/α-hetero) is 1. The van der Waals surface area contributed by atoms with Gasteiger partial charge >= 0.3 is 0 Å². The van der Waals surface area contributed by atoms with Gasteiger partial charge in [0.1, 0.15) is 0 Å². The molecule has 21 heavy (non-hydrogen) atoms. The molecular weight excluding hydrogens is 286 g/mol. The van der Waals surface area contributed by atoms with E-state index in [1.54, 1.807) is 0 Å². The van der Waals surface area contributed by atoms with Crippen LogP contribution in [0.15, 0.2) is 53.4 Å². The summed E-state index contributed by atoms with van der Waals surface area (Å²) in [5, 5.41) is 0. The Morgan fingerprint density at radius 1 is 1.10 bits per heavy atom. The smallest absolute Gasteiger partial charge is 0.240 e. The van der Waals surface area contributed by atoms with Crippen LogP contribution in [-0.2, 0) is 16.6 Å². The fourth-order valence-corrected chi connectivity index (χ4v) is 2.97. The molecule has 110 valence electrons. The second kappa shape index (κ2) is 6.20. The summed E-state index contributed by atoms with van der Waals surface area (Å²) in [4.78, 5) is 11.3. The molecule has 0 atom stereocenters. The van der Waals surface area contributed by atoms with E-state index in [0.717, 1.165) is 11.1 Å². The van der Waals surface area contributed by atoms with Crippen LogP contribution in [0.2, 0.25) is 0 Å². The lowest BCUT2D eigenvalue weighted by Gasteiger charge is -2.08. The molecule has 1 N–H and O–H groups in total. The van der Waals surface area contributed by atoms with Gasteiger partial charge in [0.25, 0.3) is 0 Å². The normalized spacial score (nSPS) is 11.3. The monoisotopic (exact) mass is 303 g/mol. The number of benzene rings is 2. The Hall–Kier alpha value is -1.98. The second-order valence-electron chi connectivity index (χ2n) is 4.89. The van der Waals surface area contributed by atoms with E-state index in [9.17, 15) is 13.2 Å². The Morgan fingerprint density at radius 3 is 2.33 bits per heavy atom. The van der Waals surface area contributed by atoms with Crippen molar-refractivity contribution in [1.29, 1.82) is 0 Å². The van der Waals surface area contributed by atoms with E-state index in [1.807, 2.05) is 31.2 Å². The van der Waals surface area contributed by atoms with E-state index in [4.69, 9.17) is 0 Å². The first kappa shape index (κ1) is 15.4. The van der Waals surface area contributed by atoms with Crippen LogP contribution in [-0.4, -0.2) is 14.2 Å². The lowest BCUT2D eigenvalue weighted by Crippen LogP contribution is -2.23. The maximum absolute atomic E-state index is 12.2. The number of sulfonamides is 1. The molecule has 0 radical (unpaired) electrons. The number of hydrogen-bond donors (Lipinski definition) is 1. The molecule has 0 aliphatic rings. The molecule has 0 aliphatic carbocycles. The molecule has 0 aliphatic heterocycles. The Balaban J connectivity index is 2.13. The quantitative estimate of drug-likeness (QED) is 0.864. The zero-order valence-corrected chi connectivity index (χ0v) is 12.8. The highest BCUT2D eigenvalue weighted by Gasteiger charge is 2.14. The van der Waals surface area contributed by atoms with Gasteiger partial charge in [0, 0.05) is 12.1 Å². The fourth-order valence-electron chi connectivity index (χ4n) is 1.95. The van der Waals surface area contributed by atoms with Crippen molar-refractivity contribution in [3.8, 4) is 0 Å². The fraction of sp³-hybridized carbons (Fsp3) is 0.188. The maximum atomic E-state index is 12.2. The third-order valence-corrected chi connectivity index (χ3v) is 4.54. The van der Waals surface area contributed by atoms with Gasteiger partial charge in [0.15, 0.2) is 5.78 Å². The molecule has 0 saturated heterocycles. The molecule has 0 heterocycles. The van der Waals surface area contributed by atoms with E-state index in [0.29, 0.717) is 5.56 Å². The van der Waals surface area contributed by atoms with Crippen molar-refractivity contribution in [3.05, 3.63) is 65.2 Å². The summed E-state index contributed by atoms with van der Waals surface area (Å²) < 4.78 is 26.9. The number of aryl methyl sites for hydroxylation is 1. The standard InChI is InChI=1S/C16H17NO3S/c1-12-4-3-5-14(10-12)11-17-21(19,20)16-8-6-15(7-9-16)13(2)18/h3-10,17H,11H2,1-2H3. The molecule has 0 aromatic heterocycles. The van der Waals surface area contributed by atoms with Crippen LogP contribution in [0.1, 0.15) is 28.4 Å². The minimum absolute atomic E-state index is 0.0910. The third kappa shape index (κ3) is 4.00. The third-order valence-electron chi connectivity index (χ3n) is 3.12. The van der Waals surface area contributed by atoms with Gasteiger partial charge < -0.3 is 0 Å². The molecule has 0 fully saturated rings. The SMILES string of the molecule is CC(=O)c1ccc(S(=O)(=O)NCc2cccc(C)c2)cc1. The van der Waals surface area contributed by atoms with E-state index in [1.165, 1.54) is 31.2 Å². The van der Waals surface area contributed by atoms with E-state index in [2.05, 4.69) is 4.72 Å². The van der Waals surface area contributed by atoms with E-state index in [-0.39, 0.29) is 17.2 Å². The van der Waals surface area contributed by atoms with Crippen LogP contribution >= 0.6 is 0 Å². The topological polar surface area (TPSA) is 63.2 Å². The molecule has 0 spiro atoms. The predicted molar refractivity (Wildman–Crippen MR) is 81.7 cm³/mol. The Labute approximate surface area is 124 Å². The van der Waals surface area contributed by atoms with Crippen molar-refractivity contribution in [2.45, 2.75) is 25.3 Å². The molecule has 2 rings (SSSR count). The molecule has 0 unspecified atom stereocenters. The number of nitrogens with one attached hydrogen (secondary N) is 1. The van der Waals surface area contributed by atoms with Crippen molar-refractivity contribution in [1.82, 2.24) is 4.72 Å². The molecule has 2 aromatic carbocycles. The average molecular weight is 303 g/mol. The highest BCUT2D eigenvalue weighted by Crippen LogP contribution is 2.12. The molecule has 2 aromatic rings. The molecular formula is C16H17NO3S. The summed E-state index contributed by atoms with van der Waals surface area (Å²) in [5.74, 6) is -0.0910. The van der Waals surface area contributed by atoms with Gasteiger partial charge in [0.2, 0.25) is 10.0 Å². The summed E-state index contributed by atoms with van der Waals surface area (Å²) in [6.07, 6.45) is 0. The number of hydrogen-bond acceptors (Lipinski definition) is 3. The van der Waals surface area contributed by atoms with Crippen molar-refractivity contribution in [3.63, 3.8) is 0 Å². The Kier molecular flexibility index (Phi) is 4.55. The number of carbonyl (C=O) groups excluding carboxylic acids is 1. The van der Waals surface area contributed by atoms with Crippen LogP contribution in [0.5, 0.6) is 0 Å². The lowest BCUT2D eigenvalue weighted by molar-refractivity contribution is 0.101. The van der Waals surface area contributed by atoms with Crippen molar-refractivity contribution in [2.24, 2.45) is 0 Å². The van der Waals surface area contributed by atoms with Gasteiger partial charge in [-0.05, 0) is 31.5 Å². The number of carbonyl (C=O) groups is 1. The van der Waals surface area contributed by atoms with E-state index >= 15 is 0 Å². The Morgan fingerprint density at radius 2 is 1.76 bits per heavy atom. The van der Waals surface area contributed by atoms with Gasteiger partial charge in [-0.2, -0.15) is 0 Å². The van der Waals surface area contributed by atoms with Crippen LogP contribution in [0.4, 0.5) is 0 Å². The highest BCUT2D eigenvalue weighted by molar-refractivity contribution is 7.89. The van der Waals surface area contributed by atoms with Crippen LogP contribution < -0.4 is 4.72 Å². The minimum Gasteiger partial charge on any atom is -0.295 e. The van der Waals surface area contributed by atoms with E-state index < -0.39 is 10.0 Å². The molecule has 0 amide bonds. The zero-order chi connectivity index (χ0) is 15.5. The van der Waals surface area contributed by atoms with Crippen molar-refractivity contribution < 1.29 is 13.2 Å². The first-order valence-electron chi connectivity index (χ1n) is 6.55. The zero-order valence-electron chi connectivity index (χ0n) is 12.0. The first-order chi connectivity index (χ1) is 9.88. The largest absolute Gasteiger partial charge is 0.295 e. The van der Waals surface area contributed by atoms with Gasteiger partial charge in [-0.25, -0.2) is 13.1 Å². The van der Waals surface area contributed by atoms with Crippen LogP contribution in [0, 0.1) is 6.92 Å². The van der Waals surface area contributed by atoms with Gasteiger partial charge in [-0.3, -0.25) is 4.79 Å². The summed E-state index contributed by atoms with van der Waals surface area (Å²) in [7, 11) is -3.58. The second-order valence-corrected chi connectivity index (χ2v) is 6.66. The summed E-state index contributed by atoms with van der Waals surface area (Å²) in [6.45, 7) is 3.64. The van der Waals surface area contributed by atoms with Crippen molar-refractivity contribution in [2.75, 3.05) is 0 Å². The average Bonchev–Trinajstić information content (AvgIpc) is 2.45. The Bertz CT molecular complexity index is 749. The summed E-state index contributed by atoms with van der Waals surface area (Å²) >= 11 is 0. The summed E-state index contributed by atoms with van der Waals surface area (Å²) in [6, 6.07) is 13.6. The van der Waals surface area contributed by atoms with Crippen molar-refractivity contribution >= 4 is 15.8 Å². The predicted octanol–water partition coefficient (Wildman–Crippen LogP) is 2.68. The molecule has 0 saturated carbocycles. The van der Waals surface area contributed by atoms with Gasteiger partial charge in [-0.1, -0.05) is 42.0 Å². The first-order valence-corrected chi connectivity index (χ1v) is 8.03. The molecule has 0 bridgehead atoms.